The first-order chi connectivity index (χ1) is 23.2. The minimum atomic E-state index is -4.67. The molecule has 5 rings (SSSR count). The molecule has 0 amide bonds. The fourth-order valence-electron chi connectivity index (χ4n) is 6.60. The average molecular weight is 721 g/mol. The highest BCUT2D eigenvalue weighted by molar-refractivity contribution is 7.91. The summed E-state index contributed by atoms with van der Waals surface area (Å²) < 4.78 is 64.7. The fourth-order valence-corrected chi connectivity index (χ4v) is 9.53. The van der Waals surface area contributed by atoms with Crippen LogP contribution in [0, 0.1) is 16.7 Å². The van der Waals surface area contributed by atoms with Gasteiger partial charge in [0.2, 0.25) is 0 Å². The first-order valence-electron chi connectivity index (χ1n) is 17.3. The summed E-state index contributed by atoms with van der Waals surface area (Å²) in [6.45, 7) is 18.7. The minimum Gasteiger partial charge on any atom is -0.285 e. The molecule has 0 radical (unpaired) electrons. The summed E-state index contributed by atoms with van der Waals surface area (Å²) in [6.07, 6.45) is 7.44. The predicted molar refractivity (Wildman–Crippen MR) is 210 cm³/mol. The monoisotopic (exact) mass is 720 g/mol. The quantitative estimate of drug-likeness (QED) is 0.224. The van der Waals surface area contributed by atoms with E-state index in [1.165, 1.54) is 30.4 Å². The maximum Gasteiger partial charge on any atom is 0.272 e. The summed E-state index contributed by atoms with van der Waals surface area (Å²) in [5, 5.41) is -1.59. The Morgan fingerprint density at radius 3 is 1.62 bits per heavy atom. The smallest absolute Gasteiger partial charge is 0.272 e. The number of hydrogen-bond acceptors (Lipinski definition) is 4. The third kappa shape index (κ3) is 11.6. The van der Waals surface area contributed by atoms with Crippen molar-refractivity contribution in [3.8, 4) is 0 Å². The summed E-state index contributed by atoms with van der Waals surface area (Å²) >= 11 is 0. The number of hydrogen-bond donors (Lipinski definition) is 2. The summed E-state index contributed by atoms with van der Waals surface area (Å²) in [5.74, 6) is 0.867. The van der Waals surface area contributed by atoms with Gasteiger partial charge in [0.25, 0.3) is 20.2 Å². The zero-order valence-electron chi connectivity index (χ0n) is 30.8. The van der Waals surface area contributed by atoms with Crippen molar-refractivity contribution in [2.45, 2.75) is 97.0 Å². The van der Waals surface area contributed by atoms with E-state index in [1.807, 2.05) is 87.5 Å². The summed E-state index contributed by atoms with van der Waals surface area (Å²) in [6, 6.07) is 30.2. The van der Waals surface area contributed by atoms with Gasteiger partial charge < -0.3 is 0 Å². The van der Waals surface area contributed by atoms with Crippen LogP contribution in [-0.2, 0) is 20.2 Å². The van der Waals surface area contributed by atoms with Gasteiger partial charge in [-0.15, -0.1) is 0 Å². The second kappa shape index (κ2) is 16.8. The average Bonchev–Trinajstić information content (AvgIpc) is 3.74. The van der Waals surface area contributed by atoms with E-state index in [0.717, 1.165) is 11.5 Å². The van der Waals surface area contributed by atoms with Gasteiger partial charge in [0.05, 0.1) is 0 Å². The van der Waals surface area contributed by atoms with Gasteiger partial charge in [0.15, 0.2) is 0 Å². The number of benzene rings is 3. The third-order valence-electron chi connectivity index (χ3n) is 9.45. The largest absolute Gasteiger partial charge is 0.285 e. The van der Waals surface area contributed by atoms with Gasteiger partial charge in [0, 0.05) is 0 Å². The van der Waals surface area contributed by atoms with Gasteiger partial charge in [0.1, 0.15) is 10.00 Å². The fraction of sp³-hybridized carbons (Fsp3) is 0.429. The lowest BCUT2D eigenvalue weighted by molar-refractivity contribution is 0.419. The van der Waals surface area contributed by atoms with Crippen LogP contribution < -0.4 is 0 Å². The SMILES string of the molecule is C=Cc1ccccc1.CC(C)(C)C(=Cc1ccccc1)CC(C1(S(=O)(=O)O)CC1)S(=O)(=O)O.CC1CCC(=C(c2ccccc2)C(C)(C)C)C1. The normalized spacial score (nSPS) is 19.2. The zero-order chi connectivity index (χ0) is 37.4. The Labute approximate surface area is 301 Å². The van der Waals surface area contributed by atoms with Gasteiger partial charge in [-0.05, 0) is 77.5 Å². The van der Waals surface area contributed by atoms with E-state index in [9.17, 15) is 25.9 Å². The molecule has 0 bridgehead atoms. The topological polar surface area (TPSA) is 109 Å². The summed E-state index contributed by atoms with van der Waals surface area (Å²) in [4.78, 5) is 0. The number of rotatable bonds is 8. The first-order valence-corrected chi connectivity index (χ1v) is 20.3. The second-order valence-corrected chi connectivity index (χ2v) is 19.0. The van der Waals surface area contributed by atoms with Crippen LogP contribution in [0.1, 0.15) is 104 Å². The van der Waals surface area contributed by atoms with Crippen molar-refractivity contribution in [2.24, 2.45) is 16.7 Å². The Bertz CT molecular complexity index is 1830. The summed E-state index contributed by atoms with van der Waals surface area (Å²) in [5.41, 5.74) is 7.19. The Morgan fingerprint density at radius 1 is 0.800 bits per heavy atom. The molecule has 0 heterocycles. The second-order valence-electron chi connectivity index (χ2n) is 15.6. The Hall–Kier alpha value is -3.30. The maximum atomic E-state index is 11.9. The molecule has 2 N–H and O–H groups in total. The van der Waals surface area contributed by atoms with Gasteiger partial charge in [-0.25, -0.2) is 0 Å². The van der Waals surface area contributed by atoms with Crippen molar-refractivity contribution in [2.75, 3.05) is 0 Å². The lowest BCUT2D eigenvalue weighted by Crippen LogP contribution is -2.42. The van der Waals surface area contributed by atoms with Crippen molar-refractivity contribution >= 4 is 38.0 Å². The lowest BCUT2D eigenvalue weighted by atomic mass is 9.78. The molecule has 2 aliphatic carbocycles. The highest BCUT2D eigenvalue weighted by Crippen LogP contribution is 2.51. The number of allylic oxidation sites excluding steroid dienone is 3. The minimum absolute atomic E-state index is 0.0129. The van der Waals surface area contributed by atoms with Crippen molar-refractivity contribution < 1.29 is 25.9 Å². The summed E-state index contributed by atoms with van der Waals surface area (Å²) in [7, 11) is -9.27. The molecule has 2 saturated carbocycles. The molecule has 3 aromatic rings. The molecule has 6 nitrogen and oxygen atoms in total. The molecule has 0 spiro atoms. The van der Waals surface area contributed by atoms with E-state index >= 15 is 0 Å². The van der Waals surface area contributed by atoms with E-state index in [2.05, 4.69) is 64.6 Å². The highest BCUT2D eigenvalue weighted by Gasteiger charge is 2.63. The van der Waals surface area contributed by atoms with Gasteiger partial charge in [-0.2, -0.15) is 16.8 Å². The first kappa shape index (κ1) is 41.1. The predicted octanol–water partition coefficient (Wildman–Crippen LogP) is 10.8. The molecular weight excluding hydrogens is 665 g/mol. The van der Waals surface area contributed by atoms with Gasteiger partial charge in [-0.3, -0.25) is 9.11 Å². The van der Waals surface area contributed by atoms with E-state index in [4.69, 9.17) is 0 Å². The van der Waals surface area contributed by atoms with Crippen LogP contribution in [0.25, 0.3) is 17.7 Å². The molecule has 0 aliphatic heterocycles. The van der Waals surface area contributed by atoms with Crippen LogP contribution in [0.3, 0.4) is 0 Å². The van der Waals surface area contributed by atoms with Gasteiger partial charge in [-0.1, -0.05) is 169 Å². The molecule has 2 aliphatic rings. The van der Waals surface area contributed by atoms with Gasteiger partial charge >= 0.3 is 0 Å². The molecule has 0 aromatic heterocycles. The Balaban J connectivity index is 0.000000231. The van der Waals surface area contributed by atoms with Crippen LogP contribution in [0.15, 0.2) is 109 Å². The highest BCUT2D eigenvalue weighted by atomic mass is 32.2. The van der Waals surface area contributed by atoms with E-state index in [1.54, 1.807) is 17.2 Å². The van der Waals surface area contributed by atoms with Crippen molar-refractivity contribution in [1.82, 2.24) is 0 Å². The van der Waals surface area contributed by atoms with Crippen LogP contribution in [-0.4, -0.2) is 35.9 Å². The van der Waals surface area contributed by atoms with E-state index in [0.29, 0.717) is 5.57 Å². The van der Waals surface area contributed by atoms with E-state index in [-0.39, 0.29) is 24.7 Å². The van der Waals surface area contributed by atoms with Crippen LogP contribution in [0.5, 0.6) is 0 Å². The molecule has 50 heavy (non-hydrogen) atoms. The standard InChI is InChI=1S/C17H24O6S2.C17H24.C8H8/c1-16(2,3)14(11-13-7-5-4-6-8-13)12-15(24(18,19)20)17(9-10-17)25(21,22)23;1-13-10-11-15(12-13)16(17(2,3)4)14-8-6-5-7-9-14;1-2-8-6-4-3-5-7-8/h4-8,11,15H,9-10,12H2,1-3H3,(H,18,19,20)(H,21,22,23);5-9,13H,10-12H2,1-4H3;2-7H,1H2. The molecule has 2 fully saturated rings. The molecule has 8 heteroatoms. The molecule has 0 saturated heterocycles. The van der Waals surface area contributed by atoms with Crippen molar-refractivity contribution in [1.29, 1.82) is 0 Å². The van der Waals surface area contributed by atoms with E-state index < -0.39 is 35.6 Å². The van der Waals surface area contributed by atoms with Crippen molar-refractivity contribution in [3.63, 3.8) is 0 Å². The van der Waals surface area contributed by atoms with Crippen LogP contribution >= 0.6 is 0 Å². The molecule has 2 unspecified atom stereocenters. The van der Waals surface area contributed by atoms with Crippen molar-refractivity contribution in [3.05, 3.63) is 125 Å². The molecule has 272 valence electrons. The molecule has 3 aromatic carbocycles. The Morgan fingerprint density at radius 2 is 1.28 bits per heavy atom. The molecular formula is C42H56O6S2. The Kier molecular flexibility index (Phi) is 13.8. The van der Waals surface area contributed by atoms with Crippen LogP contribution in [0.2, 0.25) is 0 Å². The lowest BCUT2D eigenvalue weighted by Gasteiger charge is -2.29. The third-order valence-corrected chi connectivity index (χ3v) is 12.7. The van der Waals surface area contributed by atoms with Crippen LogP contribution in [0.4, 0.5) is 0 Å². The maximum absolute atomic E-state index is 11.9. The zero-order valence-corrected chi connectivity index (χ0v) is 32.4. The molecule has 2 atom stereocenters.